The second kappa shape index (κ2) is 9.90. The van der Waals surface area contributed by atoms with Crippen molar-refractivity contribution in [3.63, 3.8) is 0 Å². The number of amides is 1. The van der Waals surface area contributed by atoms with E-state index in [0.29, 0.717) is 16.9 Å². The minimum Gasteiger partial charge on any atom is -0.324 e. The van der Waals surface area contributed by atoms with E-state index in [1.54, 1.807) is 36.4 Å². The van der Waals surface area contributed by atoms with Crippen molar-refractivity contribution in [3.05, 3.63) is 83.9 Å². The Kier molecular flexibility index (Phi) is 6.89. The van der Waals surface area contributed by atoms with Gasteiger partial charge in [-0.2, -0.15) is 4.80 Å². The van der Waals surface area contributed by atoms with Gasteiger partial charge in [-0.15, -0.1) is 10.2 Å². The molecule has 0 aliphatic carbocycles. The Morgan fingerprint density at radius 1 is 0.944 bits per heavy atom. The highest BCUT2D eigenvalue weighted by molar-refractivity contribution is 7.92. The Bertz CT molecular complexity index is 1470. The number of hydrogen-bond acceptors (Lipinski definition) is 6. The maximum Gasteiger partial charge on any atom is 0.261 e. The number of benzene rings is 3. The van der Waals surface area contributed by atoms with Gasteiger partial charge in [-0.1, -0.05) is 62.7 Å². The van der Waals surface area contributed by atoms with E-state index in [4.69, 9.17) is 0 Å². The number of carbonyl (C=O) groups is 1. The molecule has 0 saturated heterocycles. The maximum atomic E-state index is 13.1. The normalized spacial score (nSPS) is 11.8. The molecule has 0 saturated carbocycles. The minimum atomic E-state index is -3.85. The monoisotopic (exact) mass is 504 g/mol. The van der Waals surface area contributed by atoms with Crippen molar-refractivity contribution < 1.29 is 13.2 Å². The molecule has 9 nitrogen and oxygen atoms in total. The lowest BCUT2D eigenvalue weighted by atomic mass is 9.87. The lowest BCUT2D eigenvalue weighted by Crippen LogP contribution is -2.20. The van der Waals surface area contributed by atoms with Crippen LogP contribution in [0.3, 0.4) is 0 Å². The summed E-state index contributed by atoms with van der Waals surface area (Å²) in [7, 11) is -3.85. The van der Waals surface area contributed by atoms with Crippen LogP contribution in [0.4, 0.5) is 11.4 Å². The Labute approximate surface area is 210 Å². The number of anilines is 2. The number of tetrazole rings is 1. The molecule has 0 aliphatic rings. The van der Waals surface area contributed by atoms with Gasteiger partial charge in [0, 0.05) is 11.3 Å². The first-order chi connectivity index (χ1) is 17.0. The van der Waals surface area contributed by atoms with Gasteiger partial charge in [0.1, 0.15) is 6.54 Å². The Morgan fingerprint density at radius 3 is 2.28 bits per heavy atom. The van der Waals surface area contributed by atoms with Crippen LogP contribution in [-0.2, 0) is 26.8 Å². The number of aromatic nitrogens is 4. The number of sulfonamides is 1. The molecular formula is C26H28N6O3S. The average molecular weight is 505 g/mol. The third-order valence-electron chi connectivity index (χ3n) is 5.52. The number of nitrogens with one attached hydrogen (secondary N) is 2. The van der Waals surface area contributed by atoms with Crippen molar-refractivity contribution in [1.82, 2.24) is 20.2 Å². The predicted molar refractivity (Wildman–Crippen MR) is 139 cm³/mol. The lowest BCUT2D eigenvalue weighted by Gasteiger charge is -2.19. The van der Waals surface area contributed by atoms with Crippen molar-refractivity contribution >= 4 is 27.3 Å². The second-order valence-corrected chi connectivity index (χ2v) is 11.2. The Hall–Kier alpha value is -4.05. The van der Waals surface area contributed by atoms with E-state index in [1.165, 1.54) is 0 Å². The van der Waals surface area contributed by atoms with Crippen LogP contribution in [0.25, 0.3) is 11.4 Å². The van der Waals surface area contributed by atoms with Crippen LogP contribution in [-0.4, -0.2) is 34.5 Å². The van der Waals surface area contributed by atoms with Crippen molar-refractivity contribution in [2.24, 2.45) is 0 Å². The molecular weight excluding hydrogens is 476 g/mol. The summed E-state index contributed by atoms with van der Waals surface area (Å²) in [4.78, 5) is 13.7. The molecule has 3 aromatic carbocycles. The summed E-state index contributed by atoms with van der Waals surface area (Å²) in [5, 5.41) is 15.0. The summed E-state index contributed by atoms with van der Waals surface area (Å²) in [6.07, 6.45) is 0. The number of aryl methyl sites for hydroxylation is 1. The molecule has 4 aromatic rings. The average Bonchev–Trinajstić information content (AvgIpc) is 3.28. The molecule has 36 heavy (non-hydrogen) atoms. The molecule has 2 N–H and O–H groups in total. The SMILES string of the molecule is Cc1ccc(NC(=O)Cn2nnc(-c3ccccc3NS(=O)(=O)c3ccc(C(C)(C)C)cc3)n2)cc1. The summed E-state index contributed by atoms with van der Waals surface area (Å²) in [6, 6.07) is 21.0. The fourth-order valence-corrected chi connectivity index (χ4v) is 4.57. The third-order valence-corrected chi connectivity index (χ3v) is 6.90. The summed E-state index contributed by atoms with van der Waals surface area (Å²) in [5.74, 6) is -0.116. The van der Waals surface area contributed by atoms with Crippen LogP contribution in [0.5, 0.6) is 0 Å². The molecule has 0 atom stereocenters. The molecule has 0 fully saturated rings. The quantitative estimate of drug-likeness (QED) is 0.385. The first kappa shape index (κ1) is 25.1. The largest absolute Gasteiger partial charge is 0.324 e. The Morgan fingerprint density at radius 2 is 1.61 bits per heavy atom. The second-order valence-electron chi connectivity index (χ2n) is 9.48. The van der Waals surface area contributed by atoms with Gasteiger partial charge in [0.25, 0.3) is 10.0 Å². The fraction of sp³-hybridized carbons (Fsp3) is 0.231. The number of carbonyl (C=O) groups excluding carboxylic acids is 1. The highest BCUT2D eigenvalue weighted by Gasteiger charge is 2.20. The first-order valence-corrected chi connectivity index (χ1v) is 12.9. The Balaban J connectivity index is 1.50. The summed E-state index contributed by atoms with van der Waals surface area (Å²) in [6.45, 7) is 8.02. The zero-order valence-corrected chi connectivity index (χ0v) is 21.4. The third kappa shape index (κ3) is 5.95. The van der Waals surface area contributed by atoms with Crippen molar-refractivity contribution in [1.29, 1.82) is 0 Å². The lowest BCUT2D eigenvalue weighted by molar-refractivity contribution is -0.117. The molecule has 0 bridgehead atoms. The van der Waals surface area contributed by atoms with E-state index in [9.17, 15) is 13.2 Å². The van der Waals surface area contributed by atoms with Gasteiger partial charge in [0.05, 0.1) is 10.6 Å². The van der Waals surface area contributed by atoms with Gasteiger partial charge >= 0.3 is 0 Å². The van der Waals surface area contributed by atoms with Crippen molar-refractivity contribution in [2.45, 2.75) is 44.6 Å². The molecule has 10 heteroatoms. The first-order valence-electron chi connectivity index (χ1n) is 11.4. The highest BCUT2D eigenvalue weighted by atomic mass is 32.2. The van der Waals surface area contributed by atoms with Crippen LogP contribution >= 0.6 is 0 Å². The molecule has 4 rings (SSSR count). The van der Waals surface area contributed by atoms with E-state index in [-0.39, 0.29) is 28.6 Å². The standard InChI is InChI=1S/C26H28N6O3S/c1-18-9-13-20(14-10-18)27-24(33)17-32-29-25(28-31-32)22-7-5-6-8-23(22)30-36(34,35)21-15-11-19(12-16-21)26(2,3)4/h5-16,30H,17H2,1-4H3,(H,27,33). The van der Waals surface area contributed by atoms with Gasteiger partial charge in [-0.05, 0) is 59.5 Å². The van der Waals surface area contributed by atoms with Gasteiger partial charge in [0.2, 0.25) is 11.7 Å². The molecule has 0 aliphatic heterocycles. The van der Waals surface area contributed by atoms with Gasteiger partial charge in [-0.3, -0.25) is 9.52 Å². The minimum absolute atomic E-state index is 0.0865. The smallest absolute Gasteiger partial charge is 0.261 e. The summed E-state index contributed by atoms with van der Waals surface area (Å²) in [5.41, 5.74) is 3.46. The summed E-state index contributed by atoms with van der Waals surface area (Å²) < 4.78 is 28.8. The van der Waals surface area contributed by atoms with Crippen molar-refractivity contribution in [3.8, 4) is 11.4 Å². The van der Waals surface area contributed by atoms with Gasteiger partial charge < -0.3 is 5.32 Å². The highest BCUT2D eigenvalue weighted by Crippen LogP contribution is 2.28. The zero-order valence-electron chi connectivity index (χ0n) is 20.6. The maximum absolute atomic E-state index is 13.1. The van der Waals surface area contributed by atoms with Crippen LogP contribution < -0.4 is 10.0 Å². The zero-order chi connectivity index (χ0) is 25.9. The molecule has 1 aromatic heterocycles. The molecule has 186 valence electrons. The molecule has 0 unspecified atom stereocenters. The molecule has 0 radical (unpaired) electrons. The number of para-hydroxylation sites is 1. The molecule has 0 spiro atoms. The van der Waals surface area contributed by atoms with E-state index >= 15 is 0 Å². The van der Waals surface area contributed by atoms with E-state index < -0.39 is 10.0 Å². The van der Waals surface area contributed by atoms with E-state index in [0.717, 1.165) is 15.9 Å². The number of rotatable bonds is 7. The van der Waals surface area contributed by atoms with Crippen LogP contribution in [0.15, 0.2) is 77.7 Å². The van der Waals surface area contributed by atoms with Crippen LogP contribution in [0.1, 0.15) is 31.9 Å². The van der Waals surface area contributed by atoms with Gasteiger partial charge in [-0.25, -0.2) is 8.42 Å². The van der Waals surface area contributed by atoms with Crippen LogP contribution in [0, 0.1) is 6.92 Å². The predicted octanol–water partition coefficient (Wildman–Crippen LogP) is 4.39. The topological polar surface area (TPSA) is 119 Å². The molecule has 1 heterocycles. The van der Waals surface area contributed by atoms with E-state index in [2.05, 4.69) is 46.2 Å². The van der Waals surface area contributed by atoms with E-state index in [1.807, 2.05) is 43.3 Å². The molecule has 1 amide bonds. The van der Waals surface area contributed by atoms with Crippen molar-refractivity contribution in [2.75, 3.05) is 10.0 Å². The van der Waals surface area contributed by atoms with Gasteiger partial charge in [0.15, 0.2) is 0 Å². The summed E-state index contributed by atoms with van der Waals surface area (Å²) >= 11 is 0. The number of nitrogens with zero attached hydrogens (tertiary/aromatic N) is 4. The van der Waals surface area contributed by atoms with Crippen LogP contribution in [0.2, 0.25) is 0 Å². The fourth-order valence-electron chi connectivity index (χ4n) is 3.49. The number of hydrogen-bond donors (Lipinski definition) is 2.